The van der Waals surface area contributed by atoms with Gasteiger partial charge in [0.25, 0.3) is 0 Å². The summed E-state index contributed by atoms with van der Waals surface area (Å²) in [6, 6.07) is 8.88. The molecule has 1 aromatic carbocycles. The maximum atomic E-state index is 10.9. The lowest BCUT2D eigenvalue weighted by Gasteiger charge is -2.19. The summed E-state index contributed by atoms with van der Waals surface area (Å²) in [6.45, 7) is 1.53. The molecule has 0 saturated heterocycles. The lowest BCUT2D eigenvalue weighted by atomic mass is 9.85. The normalized spacial score (nSPS) is 14.1. The Morgan fingerprint density at radius 3 is 2.19 bits per heavy atom. The molecule has 0 aliphatic carbocycles. The fraction of sp³-hybridized carbons (Fsp3) is 0.333. The van der Waals surface area contributed by atoms with E-state index in [0.717, 1.165) is 5.56 Å². The van der Waals surface area contributed by atoms with Gasteiger partial charge in [0.1, 0.15) is 0 Å². The highest BCUT2D eigenvalue weighted by Gasteiger charge is 2.27. The second-order valence-electron chi connectivity index (χ2n) is 3.74. The molecule has 0 fully saturated rings. The van der Waals surface area contributed by atoms with Crippen molar-refractivity contribution < 1.29 is 19.8 Å². The molecule has 0 aliphatic rings. The molecule has 0 radical (unpaired) electrons. The smallest absolute Gasteiger partial charge is 0.306 e. The molecular formula is C12H14O4. The summed E-state index contributed by atoms with van der Waals surface area (Å²) in [5, 5.41) is 17.7. The summed E-state index contributed by atoms with van der Waals surface area (Å²) in [4.78, 5) is 21.6. The zero-order valence-electron chi connectivity index (χ0n) is 8.96. The zero-order valence-corrected chi connectivity index (χ0v) is 8.96. The number of aliphatic carboxylic acids is 2. The molecule has 2 N–H and O–H groups in total. The van der Waals surface area contributed by atoms with E-state index in [9.17, 15) is 9.59 Å². The Morgan fingerprint density at radius 1 is 1.19 bits per heavy atom. The summed E-state index contributed by atoms with van der Waals surface area (Å²) in [6.07, 6.45) is -0.169. The number of carboxylic acids is 2. The molecule has 0 spiro atoms. The quantitative estimate of drug-likeness (QED) is 0.798. The predicted octanol–water partition coefficient (Wildman–Crippen LogP) is 1.97. The molecule has 2 atom stereocenters. The second kappa shape index (κ2) is 5.30. The molecule has 0 aromatic heterocycles. The molecule has 0 amide bonds. The van der Waals surface area contributed by atoms with Crippen molar-refractivity contribution in [3.05, 3.63) is 35.9 Å². The van der Waals surface area contributed by atoms with Crippen LogP contribution >= 0.6 is 0 Å². The molecule has 86 valence electrons. The van der Waals surface area contributed by atoms with Crippen LogP contribution in [0.4, 0.5) is 0 Å². The third kappa shape index (κ3) is 3.08. The molecule has 1 aromatic rings. The van der Waals surface area contributed by atoms with E-state index in [0.29, 0.717) is 0 Å². The number of carbonyl (C=O) groups is 2. The Hall–Kier alpha value is -1.84. The van der Waals surface area contributed by atoms with E-state index in [2.05, 4.69) is 0 Å². The fourth-order valence-corrected chi connectivity index (χ4v) is 1.64. The molecule has 1 rings (SSSR count). The number of carboxylic acid groups (broad SMARTS) is 2. The van der Waals surface area contributed by atoms with Gasteiger partial charge in [0.2, 0.25) is 0 Å². The minimum atomic E-state index is -0.984. The maximum Gasteiger partial charge on any atom is 0.306 e. The van der Waals surface area contributed by atoms with Gasteiger partial charge in [0.05, 0.1) is 12.3 Å². The van der Waals surface area contributed by atoms with Gasteiger partial charge in [-0.25, -0.2) is 0 Å². The molecule has 0 aliphatic heterocycles. The predicted molar refractivity (Wildman–Crippen MR) is 58.2 cm³/mol. The third-order valence-corrected chi connectivity index (χ3v) is 2.62. The Labute approximate surface area is 93.5 Å². The van der Waals surface area contributed by atoms with Gasteiger partial charge in [-0.2, -0.15) is 0 Å². The molecule has 4 heteroatoms. The van der Waals surface area contributed by atoms with Crippen LogP contribution in [-0.4, -0.2) is 22.2 Å². The minimum Gasteiger partial charge on any atom is -0.481 e. The fourth-order valence-electron chi connectivity index (χ4n) is 1.64. The summed E-state index contributed by atoms with van der Waals surface area (Å²) >= 11 is 0. The summed E-state index contributed by atoms with van der Waals surface area (Å²) < 4.78 is 0. The summed E-state index contributed by atoms with van der Waals surface area (Å²) in [7, 11) is 0. The summed E-state index contributed by atoms with van der Waals surface area (Å²) in [5.74, 6) is -3.16. The van der Waals surface area contributed by atoms with Gasteiger partial charge in [-0.15, -0.1) is 0 Å². The molecule has 4 nitrogen and oxygen atoms in total. The average Bonchev–Trinajstić information content (AvgIpc) is 2.26. The second-order valence-corrected chi connectivity index (χ2v) is 3.74. The van der Waals surface area contributed by atoms with Gasteiger partial charge >= 0.3 is 11.9 Å². The summed E-state index contributed by atoms with van der Waals surface area (Å²) in [5.41, 5.74) is 0.750. The van der Waals surface area contributed by atoms with Crippen LogP contribution in [0.25, 0.3) is 0 Å². The number of benzene rings is 1. The van der Waals surface area contributed by atoms with Crippen molar-refractivity contribution in [2.75, 3.05) is 0 Å². The van der Waals surface area contributed by atoms with Gasteiger partial charge < -0.3 is 10.2 Å². The van der Waals surface area contributed by atoms with Crippen LogP contribution in [0.15, 0.2) is 30.3 Å². The monoisotopic (exact) mass is 222 g/mol. The number of hydrogen-bond donors (Lipinski definition) is 2. The van der Waals surface area contributed by atoms with Crippen molar-refractivity contribution in [2.45, 2.75) is 19.3 Å². The van der Waals surface area contributed by atoms with Gasteiger partial charge in [-0.1, -0.05) is 37.3 Å². The molecule has 2 unspecified atom stereocenters. The highest BCUT2D eigenvalue weighted by molar-refractivity contribution is 5.74. The van der Waals surface area contributed by atoms with Gasteiger partial charge in [-0.3, -0.25) is 9.59 Å². The van der Waals surface area contributed by atoms with E-state index >= 15 is 0 Å². The van der Waals surface area contributed by atoms with E-state index in [1.165, 1.54) is 6.92 Å². The van der Waals surface area contributed by atoms with Gasteiger partial charge in [0, 0.05) is 5.92 Å². The average molecular weight is 222 g/mol. The first-order chi connectivity index (χ1) is 7.52. The Bertz CT molecular complexity index is 372. The highest BCUT2D eigenvalue weighted by atomic mass is 16.4. The molecule has 0 heterocycles. The lowest BCUT2D eigenvalue weighted by molar-refractivity contribution is -0.143. The Morgan fingerprint density at radius 2 is 1.75 bits per heavy atom. The van der Waals surface area contributed by atoms with E-state index < -0.39 is 23.8 Å². The van der Waals surface area contributed by atoms with E-state index in [-0.39, 0.29) is 6.42 Å². The van der Waals surface area contributed by atoms with Crippen LogP contribution in [0, 0.1) is 5.92 Å². The Kier molecular flexibility index (Phi) is 4.05. The van der Waals surface area contributed by atoms with Gasteiger partial charge in [0.15, 0.2) is 0 Å². The zero-order chi connectivity index (χ0) is 12.1. The van der Waals surface area contributed by atoms with Crippen LogP contribution in [0.1, 0.15) is 24.8 Å². The first-order valence-electron chi connectivity index (χ1n) is 5.02. The van der Waals surface area contributed by atoms with Crippen LogP contribution in [0.3, 0.4) is 0 Å². The van der Waals surface area contributed by atoms with Crippen molar-refractivity contribution in [1.82, 2.24) is 0 Å². The largest absolute Gasteiger partial charge is 0.481 e. The standard InChI is InChI=1S/C12H14O4/c1-8(12(15)16)10(7-11(13)14)9-5-3-2-4-6-9/h2-6,8,10H,7H2,1H3,(H,13,14)(H,15,16). The molecule has 0 saturated carbocycles. The molecule has 16 heavy (non-hydrogen) atoms. The first-order valence-corrected chi connectivity index (χ1v) is 5.02. The van der Waals surface area contributed by atoms with Crippen LogP contribution in [0.5, 0.6) is 0 Å². The van der Waals surface area contributed by atoms with Crippen LogP contribution in [0.2, 0.25) is 0 Å². The van der Waals surface area contributed by atoms with Crippen molar-refractivity contribution in [3.8, 4) is 0 Å². The number of hydrogen-bond acceptors (Lipinski definition) is 2. The third-order valence-electron chi connectivity index (χ3n) is 2.62. The van der Waals surface area contributed by atoms with Crippen molar-refractivity contribution in [1.29, 1.82) is 0 Å². The van der Waals surface area contributed by atoms with Crippen molar-refractivity contribution >= 4 is 11.9 Å². The van der Waals surface area contributed by atoms with E-state index in [1.54, 1.807) is 24.3 Å². The van der Waals surface area contributed by atoms with Crippen LogP contribution < -0.4 is 0 Å². The number of rotatable bonds is 5. The minimum absolute atomic E-state index is 0.169. The van der Waals surface area contributed by atoms with E-state index in [1.807, 2.05) is 6.07 Å². The van der Waals surface area contributed by atoms with Crippen LogP contribution in [-0.2, 0) is 9.59 Å². The first kappa shape index (κ1) is 12.2. The van der Waals surface area contributed by atoms with Crippen molar-refractivity contribution in [2.24, 2.45) is 5.92 Å². The molecule has 0 bridgehead atoms. The lowest BCUT2D eigenvalue weighted by Crippen LogP contribution is -2.21. The maximum absolute atomic E-state index is 10.9. The van der Waals surface area contributed by atoms with Crippen molar-refractivity contribution in [3.63, 3.8) is 0 Å². The Balaban J connectivity index is 2.96. The topological polar surface area (TPSA) is 74.6 Å². The van der Waals surface area contributed by atoms with E-state index in [4.69, 9.17) is 10.2 Å². The SMILES string of the molecule is CC(C(=O)O)C(CC(=O)O)c1ccccc1. The van der Waals surface area contributed by atoms with Gasteiger partial charge in [-0.05, 0) is 5.56 Å². The molecular weight excluding hydrogens is 208 g/mol. The highest BCUT2D eigenvalue weighted by Crippen LogP contribution is 2.28.